The van der Waals surface area contributed by atoms with Crippen molar-refractivity contribution in [1.82, 2.24) is 9.97 Å². The molecular formula is C14H24N4S. The molecule has 2 unspecified atom stereocenters. The van der Waals surface area contributed by atoms with Crippen LogP contribution in [0.1, 0.15) is 37.6 Å². The monoisotopic (exact) mass is 280 g/mol. The topological polar surface area (TPSA) is 49.8 Å². The fourth-order valence-corrected chi connectivity index (χ4v) is 3.38. The Hall–Kier alpha value is -0.970. The Kier molecular flexibility index (Phi) is 4.91. The van der Waals surface area contributed by atoms with Gasteiger partial charge < -0.3 is 10.6 Å². The average molecular weight is 280 g/mol. The number of thioether (sulfide) groups is 1. The molecule has 1 fully saturated rings. The molecule has 5 heteroatoms. The Labute approximate surface area is 120 Å². The number of anilines is 2. The van der Waals surface area contributed by atoms with E-state index in [2.05, 4.69) is 40.7 Å². The van der Waals surface area contributed by atoms with E-state index in [-0.39, 0.29) is 0 Å². The summed E-state index contributed by atoms with van der Waals surface area (Å²) in [6.45, 7) is 7.00. The highest BCUT2D eigenvalue weighted by Gasteiger charge is 2.24. The first-order chi connectivity index (χ1) is 9.13. The number of nitrogens with one attached hydrogen (secondary N) is 2. The highest BCUT2D eigenvalue weighted by atomic mass is 32.2. The molecule has 0 aromatic carbocycles. The largest absolute Gasteiger partial charge is 0.370 e. The molecule has 1 saturated carbocycles. The van der Waals surface area contributed by atoms with Crippen molar-refractivity contribution in [2.45, 2.75) is 51.3 Å². The van der Waals surface area contributed by atoms with Gasteiger partial charge in [0.1, 0.15) is 17.5 Å². The molecule has 2 rings (SSSR count). The minimum atomic E-state index is 0.555. The third kappa shape index (κ3) is 3.53. The van der Waals surface area contributed by atoms with Crippen molar-refractivity contribution in [3.8, 4) is 0 Å². The van der Waals surface area contributed by atoms with E-state index in [4.69, 9.17) is 0 Å². The van der Waals surface area contributed by atoms with Gasteiger partial charge >= 0.3 is 0 Å². The van der Waals surface area contributed by atoms with Crippen LogP contribution in [0.3, 0.4) is 0 Å². The SMILES string of the molecule is CCNc1nc(C)nc(NC2CCC(SC)C2)c1C. The van der Waals surface area contributed by atoms with Crippen molar-refractivity contribution in [2.75, 3.05) is 23.4 Å². The molecule has 4 nitrogen and oxygen atoms in total. The molecule has 0 saturated heterocycles. The van der Waals surface area contributed by atoms with Gasteiger partial charge in [0.2, 0.25) is 0 Å². The number of aromatic nitrogens is 2. The third-order valence-electron chi connectivity index (χ3n) is 3.66. The zero-order chi connectivity index (χ0) is 13.8. The Bertz CT molecular complexity index is 436. The summed E-state index contributed by atoms with van der Waals surface area (Å²) >= 11 is 1.98. The summed E-state index contributed by atoms with van der Waals surface area (Å²) in [5.41, 5.74) is 1.13. The van der Waals surface area contributed by atoms with Gasteiger partial charge in [-0.1, -0.05) is 0 Å². The second-order valence-corrected chi connectivity index (χ2v) is 6.27. The van der Waals surface area contributed by atoms with E-state index in [0.29, 0.717) is 6.04 Å². The number of hydrogen-bond acceptors (Lipinski definition) is 5. The molecule has 1 aliphatic rings. The van der Waals surface area contributed by atoms with Crippen molar-refractivity contribution in [3.63, 3.8) is 0 Å². The molecule has 0 amide bonds. The van der Waals surface area contributed by atoms with E-state index in [1.807, 2.05) is 18.7 Å². The first-order valence-corrected chi connectivity index (χ1v) is 8.31. The predicted octanol–water partition coefficient (Wildman–Crippen LogP) is 3.22. The lowest BCUT2D eigenvalue weighted by Crippen LogP contribution is -2.19. The first kappa shape index (κ1) is 14.4. The van der Waals surface area contributed by atoms with Crippen LogP contribution in [0.25, 0.3) is 0 Å². The van der Waals surface area contributed by atoms with Crippen molar-refractivity contribution in [3.05, 3.63) is 11.4 Å². The van der Waals surface area contributed by atoms with Gasteiger partial charge in [-0.25, -0.2) is 9.97 Å². The maximum absolute atomic E-state index is 4.56. The fourth-order valence-electron chi connectivity index (χ4n) is 2.59. The van der Waals surface area contributed by atoms with Crippen LogP contribution < -0.4 is 10.6 Å². The normalized spacial score (nSPS) is 22.5. The van der Waals surface area contributed by atoms with Gasteiger partial charge in [0.15, 0.2) is 0 Å². The second-order valence-electron chi connectivity index (χ2n) is 5.14. The molecule has 0 radical (unpaired) electrons. The zero-order valence-electron chi connectivity index (χ0n) is 12.3. The number of aryl methyl sites for hydroxylation is 1. The van der Waals surface area contributed by atoms with Crippen LogP contribution >= 0.6 is 11.8 Å². The van der Waals surface area contributed by atoms with Gasteiger partial charge in [-0.15, -0.1) is 0 Å². The van der Waals surface area contributed by atoms with Crippen molar-refractivity contribution < 1.29 is 0 Å². The molecule has 2 N–H and O–H groups in total. The molecule has 0 bridgehead atoms. The van der Waals surface area contributed by atoms with Crippen LogP contribution in [-0.2, 0) is 0 Å². The Balaban J connectivity index is 2.11. The summed E-state index contributed by atoms with van der Waals surface area (Å²) in [6, 6.07) is 0.555. The molecule has 106 valence electrons. The van der Waals surface area contributed by atoms with E-state index in [1.54, 1.807) is 0 Å². The third-order valence-corrected chi connectivity index (χ3v) is 4.76. The van der Waals surface area contributed by atoms with E-state index in [9.17, 15) is 0 Å². The molecule has 0 aliphatic heterocycles. The fraction of sp³-hybridized carbons (Fsp3) is 0.714. The van der Waals surface area contributed by atoms with E-state index in [1.165, 1.54) is 19.3 Å². The summed E-state index contributed by atoms with van der Waals surface area (Å²) in [5.74, 6) is 2.77. The summed E-state index contributed by atoms with van der Waals surface area (Å²) in [7, 11) is 0. The lowest BCUT2D eigenvalue weighted by atomic mass is 10.2. The van der Waals surface area contributed by atoms with Gasteiger partial charge in [-0.2, -0.15) is 11.8 Å². The van der Waals surface area contributed by atoms with E-state index < -0.39 is 0 Å². The van der Waals surface area contributed by atoms with Crippen molar-refractivity contribution in [2.24, 2.45) is 0 Å². The van der Waals surface area contributed by atoms with Crippen LogP contribution in [0.4, 0.5) is 11.6 Å². The van der Waals surface area contributed by atoms with Crippen molar-refractivity contribution in [1.29, 1.82) is 0 Å². The maximum atomic E-state index is 4.56. The van der Waals surface area contributed by atoms with E-state index >= 15 is 0 Å². The van der Waals surface area contributed by atoms with Gasteiger partial charge in [0.05, 0.1) is 0 Å². The lowest BCUT2D eigenvalue weighted by molar-refractivity contribution is 0.748. The average Bonchev–Trinajstić information content (AvgIpc) is 2.83. The molecule has 19 heavy (non-hydrogen) atoms. The lowest BCUT2D eigenvalue weighted by Gasteiger charge is -2.17. The summed E-state index contributed by atoms with van der Waals surface area (Å²) in [6.07, 6.45) is 5.99. The molecule has 1 heterocycles. The predicted molar refractivity (Wildman–Crippen MR) is 84.2 cm³/mol. The van der Waals surface area contributed by atoms with Gasteiger partial charge in [-0.3, -0.25) is 0 Å². The summed E-state index contributed by atoms with van der Waals surface area (Å²) in [4.78, 5) is 9.02. The van der Waals surface area contributed by atoms with Gasteiger partial charge in [-0.05, 0) is 46.3 Å². The number of nitrogens with zero attached hydrogens (tertiary/aromatic N) is 2. The highest BCUT2D eigenvalue weighted by Crippen LogP contribution is 2.31. The van der Waals surface area contributed by atoms with Crippen LogP contribution in [0.5, 0.6) is 0 Å². The molecule has 1 aromatic heterocycles. The molecule has 1 aliphatic carbocycles. The smallest absolute Gasteiger partial charge is 0.134 e. The summed E-state index contributed by atoms with van der Waals surface area (Å²) < 4.78 is 0. The Morgan fingerprint density at radius 1 is 1.21 bits per heavy atom. The van der Waals surface area contributed by atoms with Gasteiger partial charge in [0.25, 0.3) is 0 Å². The number of hydrogen-bond donors (Lipinski definition) is 2. The molecule has 2 atom stereocenters. The highest BCUT2D eigenvalue weighted by molar-refractivity contribution is 7.99. The Morgan fingerprint density at radius 2 is 1.95 bits per heavy atom. The molecular weight excluding hydrogens is 256 g/mol. The number of rotatable bonds is 5. The quantitative estimate of drug-likeness (QED) is 0.867. The minimum absolute atomic E-state index is 0.555. The van der Waals surface area contributed by atoms with Gasteiger partial charge in [0, 0.05) is 23.4 Å². The maximum Gasteiger partial charge on any atom is 0.134 e. The van der Waals surface area contributed by atoms with E-state index in [0.717, 1.165) is 34.8 Å². The first-order valence-electron chi connectivity index (χ1n) is 7.02. The second kappa shape index (κ2) is 6.46. The van der Waals surface area contributed by atoms with Crippen LogP contribution in [0, 0.1) is 13.8 Å². The van der Waals surface area contributed by atoms with Crippen LogP contribution in [0.15, 0.2) is 0 Å². The van der Waals surface area contributed by atoms with Crippen LogP contribution in [-0.4, -0.2) is 34.1 Å². The Morgan fingerprint density at radius 3 is 2.58 bits per heavy atom. The minimum Gasteiger partial charge on any atom is -0.370 e. The van der Waals surface area contributed by atoms with Crippen molar-refractivity contribution >= 4 is 23.4 Å². The molecule has 0 spiro atoms. The van der Waals surface area contributed by atoms with Crippen LogP contribution in [0.2, 0.25) is 0 Å². The molecule has 1 aromatic rings. The summed E-state index contributed by atoms with van der Waals surface area (Å²) in [5, 5.41) is 7.72. The zero-order valence-corrected chi connectivity index (χ0v) is 13.1. The standard InChI is InChI=1S/C14H24N4S/c1-5-15-13-9(2)14(17-10(3)16-13)18-11-6-7-12(8-11)19-4/h11-12H,5-8H2,1-4H3,(H2,15,16,17,18).